The highest BCUT2D eigenvalue weighted by atomic mass is 16.2. The molecule has 0 aliphatic heterocycles. The third kappa shape index (κ3) is 3.72. The molecule has 0 spiro atoms. The molecular weight excluding hydrogens is 226 g/mol. The molecule has 0 unspecified atom stereocenters. The zero-order chi connectivity index (χ0) is 13.7. The maximum atomic E-state index is 12.4. The number of anilines is 1. The summed E-state index contributed by atoms with van der Waals surface area (Å²) >= 11 is 0. The Kier molecular flexibility index (Phi) is 5.13. The highest BCUT2D eigenvalue weighted by Gasteiger charge is 2.19. The predicted octanol–water partition coefficient (Wildman–Crippen LogP) is 2.63. The standard InChI is InChI=1S/C14H23N3O/c1-10(2)9-17(11(3)4)14(18)12-6-7-13(15-5)16-8-12/h6-8,10-11H,9H2,1-5H3,(H,15,16). The molecule has 100 valence electrons. The molecule has 0 aliphatic rings. The van der Waals surface area contributed by atoms with Crippen LogP contribution in [0.2, 0.25) is 0 Å². The molecule has 4 heteroatoms. The molecule has 1 amide bonds. The van der Waals surface area contributed by atoms with Crippen LogP contribution in [0.15, 0.2) is 18.3 Å². The molecule has 0 aliphatic carbocycles. The maximum absolute atomic E-state index is 12.4. The van der Waals surface area contributed by atoms with Gasteiger partial charge in [-0.1, -0.05) is 13.8 Å². The van der Waals surface area contributed by atoms with Gasteiger partial charge in [0.25, 0.3) is 5.91 Å². The van der Waals surface area contributed by atoms with Crippen LogP contribution in [-0.2, 0) is 0 Å². The number of nitrogens with zero attached hydrogens (tertiary/aromatic N) is 2. The van der Waals surface area contributed by atoms with Crippen LogP contribution in [0.25, 0.3) is 0 Å². The minimum Gasteiger partial charge on any atom is -0.373 e. The van der Waals surface area contributed by atoms with Crippen LogP contribution in [0.4, 0.5) is 5.82 Å². The fraction of sp³-hybridized carbons (Fsp3) is 0.571. The van der Waals surface area contributed by atoms with E-state index in [1.807, 2.05) is 37.9 Å². The van der Waals surface area contributed by atoms with Crippen LogP contribution in [0.5, 0.6) is 0 Å². The van der Waals surface area contributed by atoms with Gasteiger partial charge in [-0.15, -0.1) is 0 Å². The van der Waals surface area contributed by atoms with Crippen molar-refractivity contribution in [2.45, 2.75) is 33.7 Å². The average molecular weight is 249 g/mol. The maximum Gasteiger partial charge on any atom is 0.255 e. The summed E-state index contributed by atoms with van der Waals surface area (Å²) < 4.78 is 0. The minimum atomic E-state index is 0.0499. The molecule has 0 atom stereocenters. The molecule has 0 aromatic carbocycles. The summed E-state index contributed by atoms with van der Waals surface area (Å²) in [6.45, 7) is 9.08. The van der Waals surface area contributed by atoms with Crippen molar-refractivity contribution in [3.63, 3.8) is 0 Å². The lowest BCUT2D eigenvalue weighted by Gasteiger charge is -2.28. The zero-order valence-electron chi connectivity index (χ0n) is 11.9. The Morgan fingerprint density at radius 1 is 1.33 bits per heavy atom. The van der Waals surface area contributed by atoms with E-state index in [0.29, 0.717) is 11.5 Å². The molecule has 1 aromatic heterocycles. The van der Waals surface area contributed by atoms with E-state index >= 15 is 0 Å². The van der Waals surface area contributed by atoms with E-state index in [2.05, 4.69) is 24.1 Å². The number of hydrogen-bond donors (Lipinski definition) is 1. The first-order valence-corrected chi connectivity index (χ1v) is 6.40. The number of carbonyl (C=O) groups is 1. The van der Waals surface area contributed by atoms with Gasteiger partial charge in [-0.25, -0.2) is 4.98 Å². The van der Waals surface area contributed by atoms with Gasteiger partial charge >= 0.3 is 0 Å². The van der Waals surface area contributed by atoms with Crippen molar-refractivity contribution >= 4 is 11.7 Å². The third-order valence-electron chi connectivity index (χ3n) is 2.71. The Morgan fingerprint density at radius 3 is 2.39 bits per heavy atom. The highest BCUT2D eigenvalue weighted by molar-refractivity contribution is 5.94. The van der Waals surface area contributed by atoms with Crippen molar-refractivity contribution in [2.24, 2.45) is 5.92 Å². The number of hydrogen-bond acceptors (Lipinski definition) is 3. The first kappa shape index (κ1) is 14.5. The first-order chi connectivity index (χ1) is 8.45. The molecule has 1 heterocycles. The van der Waals surface area contributed by atoms with Gasteiger partial charge in [0.2, 0.25) is 0 Å². The van der Waals surface area contributed by atoms with Crippen LogP contribution >= 0.6 is 0 Å². The molecule has 1 aromatic rings. The molecule has 0 bridgehead atoms. The van der Waals surface area contributed by atoms with E-state index in [0.717, 1.165) is 12.4 Å². The Morgan fingerprint density at radius 2 is 2.00 bits per heavy atom. The first-order valence-electron chi connectivity index (χ1n) is 6.40. The zero-order valence-corrected chi connectivity index (χ0v) is 11.9. The normalized spacial score (nSPS) is 10.8. The Labute approximate surface area is 109 Å². The average Bonchev–Trinajstić information content (AvgIpc) is 2.34. The third-order valence-corrected chi connectivity index (χ3v) is 2.71. The smallest absolute Gasteiger partial charge is 0.255 e. The number of nitrogens with one attached hydrogen (secondary N) is 1. The van der Waals surface area contributed by atoms with E-state index in [9.17, 15) is 4.79 Å². The van der Waals surface area contributed by atoms with Crippen molar-refractivity contribution in [1.82, 2.24) is 9.88 Å². The van der Waals surface area contributed by atoms with Gasteiger partial charge in [-0.2, -0.15) is 0 Å². The highest BCUT2D eigenvalue weighted by Crippen LogP contribution is 2.12. The molecule has 0 saturated carbocycles. The van der Waals surface area contributed by atoms with Gasteiger partial charge in [0, 0.05) is 25.8 Å². The second-order valence-electron chi connectivity index (χ2n) is 5.13. The fourth-order valence-corrected chi connectivity index (χ4v) is 1.76. The summed E-state index contributed by atoms with van der Waals surface area (Å²) in [5.41, 5.74) is 0.642. The quantitative estimate of drug-likeness (QED) is 0.872. The van der Waals surface area contributed by atoms with Gasteiger partial charge in [0.1, 0.15) is 5.82 Å². The number of rotatable bonds is 5. The molecule has 4 nitrogen and oxygen atoms in total. The number of amides is 1. The van der Waals surface area contributed by atoms with Crippen LogP contribution in [0.1, 0.15) is 38.1 Å². The molecule has 0 fully saturated rings. The molecule has 0 saturated heterocycles. The molecule has 1 rings (SSSR count). The van der Waals surface area contributed by atoms with E-state index in [1.54, 1.807) is 6.20 Å². The van der Waals surface area contributed by atoms with Gasteiger partial charge in [-0.3, -0.25) is 4.79 Å². The monoisotopic (exact) mass is 249 g/mol. The second-order valence-corrected chi connectivity index (χ2v) is 5.13. The largest absolute Gasteiger partial charge is 0.373 e. The van der Waals surface area contributed by atoms with Gasteiger partial charge in [-0.05, 0) is 31.9 Å². The lowest BCUT2D eigenvalue weighted by Crippen LogP contribution is -2.39. The summed E-state index contributed by atoms with van der Waals surface area (Å²) in [6.07, 6.45) is 1.63. The SMILES string of the molecule is CNc1ccc(C(=O)N(CC(C)C)C(C)C)cn1. The Hall–Kier alpha value is -1.58. The number of pyridine rings is 1. The molecule has 18 heavy (non-hydrogen) atoms. The summed E-state index contributed by atoms with van der Waals surface area (Å²) in [5.74, 6) is 1.28. The molecule has 1 N–H and O–H groups in total. The van der Waals surface area contributed by atoms with Crippen LogP contribution < -0.4 is 5.32 Å². The van der Waals surface area contributed by atoms with Crippen molar-refractivity contribution in [2.75, 3.05) is 18.9 Å². The fourth-order valence-electron chi connectivity index (χ4n) is 1.76. The molecule has 0 radical (unpaired) electrons. The summed E-state index contributed by atoms with van der Waals surface area (Å²) in [4.78, 5) is 18.5. The summed E-state index contributed by atoms with van der Waals surface area (Å²) in [5, 5.41) is 2.94. The van der Waals surface area contributed by atoms with Crippen molar-refractivity contribution in [1.29, 1.82) is 0 Å². The topological polar surface area (TPSA) is 45.2 Å². The van der Waals surface area contributed by atoms with Gasteiger partial charge < -0.3 is 10.2 Å². The minimum absolute atomic E-state index is 0.0499. The van der Waals surface area contributed by atoms with Crippen molar-refractivity contribution in [3.05, 3.63) is 23.9 Å². The number of carbonyl (C=O) groups excluding carboxylic acids is 1. The Balaban J connectivity index is 2.87. The van der Waals surface area contributed by atoms with Crippen LogP contribution in [0.3, 0.4) is 0 Å². The van der Waals surface area contributed by atoms with Gasteiger partial charge in [0.15, 0.2) is 0 Å². The van der Waals surface area contributed by atoms with Crippen molar-refractivity contribution < 1.29 is 4.79 Å². The van der Waals surface area contributed by atoms with E-state index in [4.69, 9.17) is 0 Å². The van der Waals surface area contributed by atoms with Crippen LogP contribution in [-0.4, -0.2) is 35.4 Å². The van der Waals surface area contributed by atoms with E-state index in [1.165, 1.54) is 0 Å². The Bertz CT molecular complexity index is 385. The second kappa shape index (κ2) is 6.38. The van der Waals surface area contributed by atoms with E-state index in [-0.39, 0.29) is 11.9 Å². The van der Waals surface area contributed by atoms with E-state index < -0.39 is 0 Å². The summed E-state index contributed by atoms with van der Waals surface area (Å²) in [7, 11) is 1.81. The number of aromatic nitrogens is 1. The predicted molar refractivity (Wildman–Crippen MR) is 74.8 cm³/mol. The van der Waals surface area contributed by atoms with Crippen molar-refractivity contribution in [3.8, 4) is 0 Å². The molecular formula is C14H23N3O. The van der Waals surface area contributed by atoms with Crippen LogP contribution in [0, 0.1) is 5.92 Å². The lowest BCUT2D eigenvalue weighted by atomic mass is 10.1. The lowest BCUT2D eigenvalue weighted by molar-refractivity contribution is 0.0681. The summed E-state index contributed by atoms with van der Waals surface area (Å²) in [6, 6.07) is 3.83. The van der Waals surface area contributed by atoms with Gasteiger partial charge in [0.05, 0.1) is 5.56 Å².